The van der Waals surface area contributed by atoms with Crippen molar-refractivity contribution in [2.75, 3.05) is 18.4 Å². The summed E-state index contributed by atoms with van der Waals surface area (Å²) in [6.07, 6.45) is 0. The minimum atomic E-state index is -3.66. The fourth-order valence-electron chi connectivity index (χ4n) is 3.43. The summed E-state index contributed by atoms with van der Waals surface area (Å²) in [6.45, 7) is 12.7. The van der Waals surface area contributed by atoms with Crippen molar-refractivity contribution in [1.29, 1.82) is 0 Å². The lowest BCUT2D eigenvalue weighted by Crippen LogP contribution is -2.30. The Hall–Kier alpha value is -1.70. The molecule has 0 aliphatic carbocycles. The zero-order valence-corrected chi connectivity index (χ0v) is 20.9. The zero-order valence-electron chi connectivity index (χ0n) is 18.5. The van der Waals surface area contributed by atoms with E-state index in [1.165, 1.54) is 16.4 Å². The van der Waals surface area contributed by atoms with Crippen molar-refractivity contribution in [3.8, 4) is 0 Å². The molecule has 0 bridgehead atoms. The molecule has 7 heteroatoms. The lowest BCUT2D eigenvalue weighted by molar-refractivity contribution is 0.102. The van der Waals surface area contributed by atoms with E-state index in [0.29, 0.717) is 17.6 Å². The number of nitrogens with zero attached hydrogens (tertiary/aromatic N) is 1. The van der Waals surface area contributed by atoms with Crippen LogP contribution in [0.2, 0.25) is 0 Å². The minimum Gasteiger partial charge on any atom is -0.321 e. The third kappa shape index (κ3) is 5.13. The van der Waals surface area contributed by atoms with Gasteiger partial charge >= 0.3 is 0 Å². The lowest BCUT2D eigenvalue weighted by Gasteiger charge is -2.21. The van der Waals surface area contributed by atoms with Crippen LogP contribution >= 0.6 is 15.9 Å². The van der Waals surface area contributed by atoms with Gasteiger partial charge in [0, 0.05) is 23.2 Å². The first-order valence-corrected chi connectivity index (χ1v) is 12.5. The number of amides is 1. The molecule has 0 aliphatic rings. The highest BCUT2D eigenvalue weighted by atomic mass is 79.9. The molecule has 0 aliphatic heterocycles. The molecule has 2 rings (SSSR count). The van der Waals surface area contributed by atoms with Crippen molar-refractivity contribution in [3.05, 3.63) is 57.6 Å². The largest absolute Gasteiger partial charge is 0.321 e. The predicted octanol–water partition coefficient (Wildman–Crippen LogP) is 5.98. The normalized spacial score (nSPS) is 12.1. The molecule has 0 aromatic heterocycles. The van der Waals surface area contributed by atoms with Crippen molar-refractivity contribution in [2.45, 2.75) is 58.3 Å². The molecule has 0 unspecified atom stereocenters. The SMILES string of the molecule is CCN(CC)S(=O)(=O)c1ccc(Br)c(C(=O)Nc2c(C(C)C)cccc2C(C)C)c1. The van der Waals surface area contributed by atoms with Crippen LogP contribution in [0.5, 0.6) is 0 Å². The van der Waals surface area contributed by atoms with Gasteiger partial charge in [0.1, 0.15) is 0 Å². The molecule has 0 heterocycles. The Morgan fingerprint density at radius 3 is 2.00 bits per heavy atom. The molecule has 5 nitrogen and oxygen atoms in total. The second kappa shape index (κ2) is 10.1. The van der Waals surface area contributed by atoms with Crippen LogP contribution in [0.15, 0.2) is 45.8 Å². The molecule has 0 spiro atoms. The Labute approximate surface area is 189 Å². The number of sulfonamides is 1. The maximum atomic E-state index is 13.2. The molecule has 164 valence electrons. The molecule has 2 aromatic carbocycles. The number of benzene rings is 2. The smallest absolute Gasteiger partial charge is 0.256 e. The third-order valence-electron chi connectivity index (χ3n) is 5.14. The van der Waals surface area contributed by atoms with E-state index in [1.807, 2.05) is 18.2 Å². The van der Waals surface area contributed by atoms with Crippen LogP contribution in [-0.2, 0) is 10.0 Å². The standard InChI is InChI=1S/C23H31BrN2O3S/c1-7-26(8-2)30(28,29)17-12-13-21(24)20(14-17)23(27)25-22-18(15(3)4)10-9-11-19(22)16(5)6/h9-16H,7-8H2,1-6H3,(H,25,27). The van der Waals surface area contributed by atoms with E-state index in [1.54, 1.807) is 19.9 Å². The highest BCUT2D eigenvalue weighted by Crippen LogP contribution is 2.33. The molecule has 0 radical (unpaired) electrons. The predicted molar refractivity (Wildman–Crippen MR) is 127 cm³/mol. The summed E-state index contributed by atoms with van der Waals surface area (Å²) in [6, 6.07) is 10.6. The van der Waals surface area contributed by atoms with Crippen LogP contribution in [0.25, 0.3) is 0 Å². The average molecular weight is 495 g/mol. The third-order valence-corrected chi connectivity index (χ3v) is 7.87. The van der Waals surface area contributed by atoms with Gasteiger partial charge in [0.2, 0.25) is 10.0 Å². The highest BCUT2D eigenvalue weighted by molar-refractivity contribution is 9.10. The lowest BCUT2D eigenvalue weighted by atomic mass is 9.92. The molecular formula is C23H31BrN2O3S. The fraction of sp³-hybridized carbons (Fsp3) is 0.435. The number of carbonyl (C=O) groups is 1. The van der Waals surface area contributed by atoms with Gasteiger partial charge in [0.15, 0.2) is 0 Å². The number of hydrogen-bond acceptors (Lipinski definition) is 3. The van der Waals surface area contributed by atoms with Crippen molar-refractivity contribution in [2.24, 2.45) is 0 Å². The first kappa shape index (κ1) is 24.6. The van der Waals surface area contributed by atoms with Crippen LogP contribution in [0.4, 0.5) is 5.69 Å². The van der Waals surface area contributed by atoms with Gasteiger partial charge in [-0.1, -0.05) is 59.7 Å². The number of rotatable bonds is 8. The van der Waals surface area contributed by atoms with Crippen molar-refractivity contribution in [3.63, 3.8) is 0 Å². The van der Waals surface area contributed by atoms with Crippen molar-refractivity contribution in [1.82, 2.24) is 4.31 Å². The van der Waals surface area contributed by atoms with E-state index < -0.39 is 10.0 Å². The summed E-state index contributed by atoms with van der Waals surface area (Å²) >= 11 is 3.41. The van der Waals surface area contributed by atoms with E-state index >= 15 is 0 Å². The van der Waals surface area contributed by atoms with Crippen molar-refractivity contribution < 1.29 is 13.2 Å². The summed E-state index contributed by atoms with van der Waals surface area (Å²) in [7, 11) is -3.66. The molecule has 0 fully saturated rings. The summed E-state index contributed by atoms with van der Waals surface area (Å²) in [5, 5.41) is 3.06. The second-order valence-corrected chi connectivity index (χ2v) is 10.6. The number of halogens is 1. The molecule has 0 atom stereocenters. The number of para-hydroxylation sites is 1. The Morgan fingerprint density at radius 1 is 1.00 bits per heavy atom. The summed E-state index contributed by atoms with van der Waals surface area (Å²) in [5.74, 6) is 0.127. The molecule has 0 saturated heterocycles. The second-order valence-electron chi connectivity index (χ2n) is 7.81. The van der Waals surface area contributed by atoms with E-state index in [4.69, 9.17) is 0 Å². The van der Waals surface area contributed by atoms with Gasteiger partial charge in [0.05, 0.1) is 10.5 Å². The maximum Gasteiger partial charge on any atom is 0.256 e. The van der Waals surface area contributed by atoms with Gasteiger partial charge in [-0.3, -0.25) is 4.79 Å². The first-order valence-electron chi connectivity index (χ1n) is 10.3. The molecule has 1 N–H and O–H groups in total. The quantitative estimate of drug-likeness (QED) is 0.490. The monoisotopic (exact) mass is 494 g/mol. The van der Waals surface area contributed by atoms with Crippen LogP contribution in [0.1, 0.15) is 74.9 Å². The Bertz CT molecular complexity index is 987. The Balaban J connectivity index is 2.52. The van der Waals surface area contributed by atoms with E-state index in [0.717, 1.165) is 16.8 Å². The molecular weight excluding hydrogens is 464 g/mol. The number of anilines is 1. The zero-order chi connectivity index (χ0) is 22.6. The fourth-order valence-corrected chi connectivity index (χ4v) is 5.34. The number of nitrogens with one attached hydrogen (secondary N) is 1. The maximum absolute atomic E-state index is 13.2. The summed E-state index contributed by atoms with van der Waals surface area (Å²) in [5.41, 5.74) is 3.20. The Morgan fingerprint density at radius 2 is 1.53 bits per heavy atom. The van der Waals surface area contributed by atoms with E-state index in [2.05, 4.69) is 48.9 Å². The van der Waals surface area contributed by atoms with Crippen LogP contribution < -0.4 is 5.32 Å². The Kier molecular flexibility index (Phi) is 8.25. The van der Waals surface area contributed by atoms with Gasteiger partial charge in [-0.15, -0.1) is 0 Å². The average Bonchev–Trinajstić information content (AvgIpc) is 2.68. The van der Waals surface area contributed by atoms with Crippen LogP contribution in [0, 0.1) is 0 Å². The topological polar surface area (TPSA) is 66.5 Å². The van der Waals surface area contributed by atoms with E-state index in [9.17, 15) is 13.2 Å². The van der Waals surface area contributed by atoms with Gasteiger partial charge in [-0.2, -0.15) is 4.31 Å². The summed E-state index contributed by atoms with van der Waals surface area (Å²) in [4.78, 5) is 13.3. The van der Waals surface area contributed by atoms with Crippen LogP contribution in [-0.4, -0.2) is 31.7 Å². The summed E-state index contributed by atoms with van der Waals surface area (Å²) < 4.78 is 27.7. The van der Waals surface area contributed by atoms with Crippen molar-refractivity contribution >= 4 is 37.5 Å². The molecule has 0 saturated carbocycles. The minimum absolute atomic E-state index is 0.112. The van der Waals surface area contributed by atoms with E-state index in [-0.39, 0.29) is 28.2 Å². The number of carbonyl (C=O) groups excluding carboxylic acids is 1. The van der Waals surface area contributed by atoms with Gasteiger partial charge in [0.25, 0.3) is 5.91 Å². The van der Waals surface area contributed by atoms with Gasteiger partial charge in [-0.05, 0) is 57.1 Å². The van der Waals surface area contributed by atoms with Crippen LogP contribution in [0.3, 0.4) is 0 Å². The number of hydrogen-bond donors (Lipinski definition) is 1. The first-order chi connectivity index (χ1) is 14.0. The van der Waals surface area contributed by atoms with Gasteiger partial charge in [-0.25, -0.2) is 8.42 Å². The molecule has 2 aromatic rings. The molecule has 30 heavy (non-hydrogen) atoms. The molecule has 1 amide bonds. The van der Waals surface area contributed by atoms with Gasteiger partial charge < -0.3 is 5.32 Å². The highest BCUT2D eigenvalue weighted by Gasteiger charge is 2.24.